The Morgan fingerprint density at radius 1 is 1.19 bits per heavy atom. The predicted octanol–water partition coefficient (Wildman–Crippen LogP) is 5.31. The molecule has 0 saturated carbocycles. The molecule has 5 rings (SSSR count). The number of carbonyl (C=O) groups is 2. The van der Waals surface area contributed by atoms with Gasteiger partial charge in [0.1, 0.15) is 16.4 Å². The molecule has 0 bridgehead atoms. The number of alkyl halides is 3. The van der Waals surface area contributed by atoms with Crippen molar-refractivity contribution in [1.82, 2.24) is 24.8 Å². The van der Waals surface area contributed by atoms with E-state index < -0.39 is 29.3 Å². The van der Waals surface area contributed by atoms with Gasteiger partial charge in [-0.3, -0.25) is 10.1 Å². The minimum atomic E-state index is -4.65. The molecule has 1 aromatic carbocycles. The second-order valence-corrected chi connectivity index (χ2v) is 10.6. The lowest BCUT2D eigenvalue weighted by atomic mass is 9.99. The van der Waals surface area contributed by atoms with Gasteiger partial charge in [0.05, 0.1) is 5.52 Å². The molecule has 1 saturated heterocycles. The lowest BCUT2D eigenvalue weighted by molar-refractivity contribution is -0.140. The molecule has 3 N–H and O–H groups in total. The number of carbonyl (C=O) groups excluding carboxylic acids is 1. The van der Waals surface area contributed by atoms with Gasteiger partial charge in [0.25, 0.3) is 0 Å². The fraction of sp³-hybridized carbons (Fsp3) is 0.321. The first-order valence-electron chi connectivity index (χ1n) is 13.2. The highest BCUT2D eigenvalue weighted by atomic mass is 32.1. The second kappa shape index (κ2) is 11.5. The molecule has 1 aliphatic heterocycles. The molecule has 4 heterocycles. The number of hydrogen-bond acceptors (Lipinski definition) is 7. The van der Waals surface area contributed by atoms with Crippen LogP contribution in [0.15, 0.2) is 46.8 Å². The number of nitrogens with zero attached hydrogens (tertiary/aromatic N) is 4. The molecule has 0 unspecified atom stereocenters. The highest BCUT2D eigenvalue weighted by molar-refractivity contribution is 7.13. The van der Waals surface area contributed by atoms with E-state index in [2.05, 4.69) is 25.5 Å². The van der Waals surface area contributed by atoms with Gasteiger partial charge in [-0.1, -0.05) is 13.0 Å². The number of benzene rings is 1. The number of carboxylic acids is 1. The summed E-state index contributed by atoms with van der Waals surface area (Å²) in [7, 11) is 0. The van der Waals surface area contributed by atoms with Gasteiger partial charge in [-0.2, -0.15) is 13.2 Å². The number of nitrogens with one attached hydrogen (secondary N) is 2. The molecule has 0 aliphatic carbocycles. The summed E-state index contributed by atoms with van der Waals surface area (Å²) in [5.74, 6) is -1.27. The van der Waals surface area contributed by atoms with E-state index in [-0.39, 0.29) is 33.4 Å². The number of urea groups is 1. The molecule has 1 fully saturated rings. The number of halogens is 3. The molecule has 220 valence electrons. The molecule has 1 aliphatic rings. The molecule has 0 radical (unpaired) electrons. The summed E-state index contributed by atoms with van der Waals surface area (Å²) in [6.07, 6.45) is -1.10. The Kier molecular flexibility index (Phi) is 8.01. The van der Waals surface area contributed by atoms with E-state index in [4.69, 9.17) is 0 Å². The van der Waals surface area contributed by atoms with Gasteiger partial charge in [-0.25, -0.2) is 19.6 Å². The fourth-order valence-electron chi connectivity index (χ4n) is 5.08. The van der Waals surface area contributed by atoms with Crippen molar-refractivity contribution in [2.45, 2.75) is 32.5 Å². The molecular weight excluding hydrogens is 573 g/mol. The standard InChI is InChI=1S/C28H27F3N6O4S/c1-3-32-27(41)35-23-10-17(25-34-22(14-42-25)28(29,30)31)19(11-33-23)15-5-6-21-18(9-15)24(38)20(26(39)40)13-37(21)16-7-8-36(4-2)12-16/h5-6,9-11,13-14,16H,3-4,7-8,12H2,1-2H3,(H,39,40)(H2,32,33,35,41)/t16-/m1/s1. The van der Waals surface area contributed by atoms with Crippen LogP contribution in [-0.2, 0) is 6.18 Å². The van der Waals surface area contributed by atoms with E-state index in [9.17, 15) is 32.7 Å². The zero-order valence-corrected chi connectivity index (χ0v) is 23.5. The van der Waals surface area contributed by atoms with Gasteiger partial charge in [0, 0.05) is 60.0 Å². The number of amides is 2. The average Bonchev–Trinajstić information content (AvgIpc) is 3.64. The van der Waals surface area contributed by atoms with E-state index in [0.29, 0.717) is 29.7 Å². The van der Waals surface area contributed by atoms with Crippen LogP contribution >= 0.6 is 11.3 Å². The smallest absolute Gasteiger partial charge is 0.434 e. The van der Waals surface area contributed by atoms with Crippen molar-refractivity contribution in [2.24, 2.45) is 0 Å². The van der Waals surface area contributed by atoms with Crippen LogP contribution in [0.4, 0.5) is 23.8 Å². The number of fused-ring (bicyclic) bond motifs is 1. The Balaban J connectivity index is 1.68. The van der Waals surface area contributed by atoms with Crippen molar-refractivity contribution < 1.29 is 27.9 Å². The number of likely N-dealkylation sites (N-methyl/N-ethyl adjacent to an activating group) is 1. The van der Waals surface area contributed by atoms with Crippen LogP contribution in [0.5, 0.6) is 0 Å². The monoisotopic (exact) mass is 600 g/mol. The van der Waals surface area contributed by atoms with Crippen molar-refractivity contribution in [2.75, 3.05) is 31.5 Å². The number of carboxylic acid groups (broad SMARTS) is 1. The SMILES string of the molecule is CCNC(=O)Nc1cc(-c2nc(C(F)(F)F)cs2)c(-c2ccc3c(c2)c(=O)c(C(=O)O)cn3[C@@H]2CCN(CC)C2)cn1. The fourth-order valence-corrected chi connectivity index (χ4v) is 5.94. The second-order valence-electron chi connectivity index (χ2n) is 9.79. The maximum atomic E-state index is 13.4. The van der Waals surface area contributed by atoms with Crippen LogP contribution in [0.3, 0.4) is 0 Å². The minimum absolute atomic E-state index is 0.0288. The molecule has 42 heavy (non-hydrogen) atoms. The normalized spacial score (nSPS) is 15.7. The lowest BCUT2D eigenvalue weighted by Gasteiger charge is -2.20. The summed E-state index contributed by atoms with van der Waals surface area (Å²) in [5.41, 5.74) is -0.524. The van der Waals surface area contributed by atoms with Crippen LogP contribution < -0.4 is 16.1 Å². The van der Waals surface area contributed by atoms with E-state index >= 15 is 0 Å². The molecule has 2 amide bonds. The molecule has 10 nitrogen and oxygen atoms in total. The molecule has 4 aromatic rings. The Morgan fingerprint density at radius 3 is 2.62 bits per heavy atom. The molecule has 3 aromatic heterocycles. The van der Waals surface area contributed by atoms with Crippen LogP contribution in [0, 0.1) is 0 Å². The predicted molar refractivity (Wildman–Crippen MR) is 153 cm³/mol. The maximum Gasteiger partial charge on any atom is 0.434 e. The number of rotatable bonds is 7. The van der Waals surface area contributed by atoms with Gasteiger partial charge < -0.3 is 19.9 Å². The van der Waals surface area contributed by atoms with Crippen molar-refractivity contribution in [1.29, 1.82) is 0 Å². The summed E-state index contributed by atoms with van der Waals surface area (Å²) in [6.45, 7) is 6.51. The third-order valence-electron chi connectivity index (χ3n) is 7.17. The summed E-state index contributed by atoms with van der Waals surface area (Å²) in [5, 5.41) is 16.0. The number of likely N-dealkylation sites (tertiary alicyclic amines) is 1. The zero-order chi connectivity index (χ0) is 30.2. The highest BCUT2D eigenvalue weighted by Gasteiger charge is 2.34. The van der Waals surface area contributed by atoms with Crippen molar-refractivity contribution in [3.63, 3.8) is 0 Å². The number of aromatic carboxylic acids is 1. The molecule has 0 spiro atoms. The summed E-state index contributed by atoms with van der Waals surface area (Å²) < 4.78 is 42.0. The Labute approximate surface area is 241 Å². The van der Waals surface area contributed by atoms with Crippen molar-refractivity contribution >= 4 is 40.1 Å². The Morgan fingerprint density at radius 2 is 1.98 bits per heavy atom. The van der Waals surface area contributed by atoms with Crippen LogP contribution in [0.25, 0.3) is 32.6 Å². The Hall–Kier alpha value is -4.30. The number of pyridine rings is 2. The molecular formula is C28H27F3N6O4S. The average molecular weight is 601 g/mol. The highest BCUT2D eigenvalue weighted by Crippen LogP contribution is 2.39. The number of aromatic nitrogens is 3. The van der Waals surface area contributed by atoms with Gasteiger partial charge in [0.2, 0.25) is 5.43 Å². The number of thiazole rings is 1. The third kappa shape index (κ3) is 5.72. The van der Waals surface area contributed by atoms with E-state index in [0.717, 1.165) is 36.2 Å². The summed E-state index contributed by atoms with van der Waals surface area (Å²) in [6, 6.07) is 5.78. The third-order valence-corrected chi connectivity index (χ3v) is 8.05. The van der Waals surface area contributed by atoms with E-state index in [1.165, 1.54) is 24.5 Å². The van der Waals surface area contributed by atoms with E-state index in [1.54, 1.807) is 19.1 Å². The topological polar surface area (TPSA) is 129 Å². The van der Waals surface area contributed by atoms with Crippen LogP contribution in [0.1, 0.15) is 42.4 Å². The number of anilines is 1. The molecule has 1 atom stereocenters. The van der Waals surface area contributed by atoms with Crippen molar-refractivity contribution in [3.8, 4) is 21.7 Å². The molecule has 14 heteroatoms. The first-order valence-corrected chi connectivity index (χ1v) is 14.1. The van der Waals surface area contributed by atoms with Gasteiger partial charge in [0.15, 0.2) is 5.69 Å². The van der Waals surface area contributed by atoms with Gasteiger partial charge in [-0.05, 0) is 43.7 Å². The largest absolute Gasteiger partial charge is 0.477 e. The quantitative estimate of drug-likeness (QED) is 0.262. The number of hydrogen-bond donors (Lipinski definition) is 3. The first-order chi connectivity index (χ1) is 20.0. The van der Waals surface area contributed by atoms with Crippen LogP contribution in [0.2, 0.25) is 0 Å². The minimum Gasteiger partial charge on any atom is -0.477 e. The zero-order valence-electron chi connectivity index (χ0n) is 22.7. The first kappa shape index (κ1) is 29.2. The Bertz CT molecular complexity index is 1740. The van der Waals surface area contributed by atoms with E-state index in [1.807, 2.05) is 11.5 Å². The van der Waals surface area contributed by atoms with Gasteiger partial charge in [-0.15, -0.1) is 11.3 Å². The summed E-state index contributed by atoms with van der Waals surface area (Å²) >= 11 is 0.775. The summed E-state index contributed by atoms with van der Waals surface area (Å²) in [4.78, 5) is 47.7. The maximum absolute atomic E-state index is 13.4. The lowest BCUT2D eigenvalue weighted by Crippen LogP contribution is -2.28. The van der Waals surface area contributed by atoms with Crippen molar-refractivity contribution in [3.05, 3.63) is 63.5 Å². The van der Waals surface area contributed by atoms with Crippen LogP contribution in [-0.4, -0.2) is 62.7 Å². The van der Waals surface area contributed by atoms with Gasteiger partial charge >= 0.3 is 18.2 Å².